The smallest absolute Gasteiger partial charge is 0.255 e. The van der Waals surface area contributed by atoms with E-state index in [-0.39, 0.29) is 5.91 Å². The fraction of sp³-hybridized carbons (Fsp3) is 0.588. The van der Waals surface area contributed by atoms with Crippen LogP contribution in [0.2, 0.25) is 0 Å². The van der Waals surface area contributed by atoms with Crippen LogP contribution in [0.4, 0.5) is 5.69 Å². The lowest BCUT2D eigenvalue weighted by Crippen LogP contribution is -2.47. The van der Waals surface area contributed by atoms with Gasteiger partial charge in [0.05, 0.1) is 11.3 Å². The summed E-state index contributed by atoms with van der Waals surface area (Å²) in [6.45, 7) is 3.08. The summed E-state index contributed by atoms with van der Waals surface area (Å²) in [5.74, 6) is 0.154. The van der Waals surface area contributed by atoms with Crippen molar-refractivity contribution in [2.24, 2.45) is 0 Å². The van der Waals surface area contributed by atoms with Crippen molar-refractivity contribution in [3.63, 3.8) is 0 Å². The van der Waals surface area contributed by atoms with Crippen LogP contribution in [0.15, 0.2) is 18.2 Å². The number of para-hydroxylation sites is 1. The Morgan fingerprint density at radius 2 is 2.24 bits per heavy atom. The molecule has 4 nitrogen and oxygen atoms in total. The summed E-state index contributed by atoms with van der Waals surface area (Å²) in [6, 6.07) is 6.44. The van der Waals surface area contributed by atoms with Crippen LogP contribution in [0.5, 0.6) is 0 Å². The van der Waals surface area contributed by atoms with Gasteiger partial charge in [0.2, 0.25) is 0 Å². The molecule has 1 atom stereocenters. The Balaban J connectivity index is 1.81. The fourth-order valence-corrected chi connectivity index (χ4v) is 3.50. The number of likely N-dealkylation sites (tertiary alicyclic amines) is 1. The number of nitrogens with zero attached hydrogens (tertiary/aromatic N) is 2. The molecule has 1 saturated heterocycles. The fourth-order valence-electron chi connectivity index (χ4n) is 3.50. The van der Waals surface area contributed by atoms with Gasteiger partial charge in [0.1, 0.15) is 0 Å². The van der Waals surface area contributed by atoms with Gasteiger partial charge in [-0.05, 0) is 50.9 Å². The van der Waals surface area contributed by atoms with Gasteiger partial charge in [-0.25, -0.2) is 0 Å². The Bertz CT molecular complexity index is 529. The van der Waals surface area contributed by atoms with Crippen LogP contribution in [0, 0.1) is 0 Å². The van der Waals surface area contributed by atoms with Crippen LogP contribution in [0.3, 0.4) is 0 Å². The topological polar surface area (TPSA) is 35.6 Å². The second-order valence-electron chi connectivity index (χ2n) is 6.34. The first-order valence-corrected chi connectivity index (χ1v) is 7.98. The first kappa shape index (κ1) is 14.4. The SMILES string of the molecule is CN1CCCC(N(C)C(=O)c2cccc3c2NCCC3)C1. The number of rotatable bonds is 2. The molecular formula is C17H25N3O. The van der Waals surface area contributed by atoms with E-state index >= 15 is 0 Å². The molecule has 1 amide bonds. The van der Waals surface area contributed by atoms with Gasteiger partial charge >= 0.3 is 0 Å². The van der Waals surface area contributed by atoms with E-state index in [1.165, 1.54) is 12.0 Å². The van der Waals surface area contributed by atoms with E-state index < -0.39 is 0 Å². The molecule has 3 rings (SSSR count). The van der Waals surface area contributed by atoms with Crippen LogP contribution in [0.25, 0.3) is 0 Å². The van der Waals surface area contributed by atoms with Gasteiger partial charge in [-0.1, -0.05) is 12.1 Å². The third-order valence-corrected chi connectivity index (χ3v) is 4.77. The predicted molar refractivity (Wildman–Crippen MR) is 85.9 cm³/mol. The van der Waals surface area contributed by atoms with E-state index in [1.807, 2.05) is 24.1 Å². The summed E-state index contributed by atoms with van der Waals surface area (Å²) in [7, 11) is 4.09. The molecule has 0 aliphatic carbocycles. The van der Waals surface area contributed by atoms with E-state index in [9.17, 15) is 4.79 Å². The molecule has 4 heteroatoms. The highest BCUT2D eigenvalue weighted by Gasteiger charge is 2.27. The average molecular weight is 287 g/mol. The van der Waals surface area contributed by atoms with Crippen molar-refractivity contribution in [2.45, 2.75) is 31.7 Å². The molecule has 1 aromatic rings. The minimum absolute atomic E-state index is 0.154. The molecule has 1 fully saturated rings. The van der Waals surface area contributed by atoms with Gasteiger partial charge in [-0.2, -0.15) is 0 Å². The van der Waals surface area contributed by atoms with E-state index in [1.54, 1.807) is 0 Å². The monoisotopic (exact) mass is 287 g/mol. The lowest BCUT2D eigenvalue weighted by atomic mass is 9.98. The predicted octanol–water partition coefficient (Wildman–Crippen LogP) is 2.21. The summed E-state index contributed by atoms with van der Waals surface area (Å²) in [6.07, 6.45) is 4.49. The van der Waals surface area contributed by atoms with E-state index in [0.29, 0.717) is 6.04 Å². The summed E-state index contributed by atoms with van der Waals surface area (Å²) in [5.41, 5.74) is 3.17. The zero-order chi connectivity index (χ0) is 14.8. The van der Waals surface area contributed by atoms with Crippen molar-refractivity contribution in [2.75, 3.05) is 39.0 Å². The number of fused-ring (bicyclic) bond motifs is 1. The number of anilines is 1. The molecule has 2 heterocycles. The second-order valence-corrected chi connectivity index (χ2v) is 6.34. The van der Waals surface area contributed by atoms with Crippen molar-refractivity contribution in [3.8, 4) is 0 Å². The maximum atomic E-state index is 12.9. The normalized spacial score (nSPS) is 22.3. The van der Waals surface area contributed by atoms with Gasteiger partial charge in [0.25, 0.3) is 5.91 Å². The van der Waals surface area contributed by atoms with Crippen LogP contribution in [0.1, 0.15) is 35.2 Å². The summed E-state index contributed by atoms with van der Waals surface area (Å²) < 4.78 is 0. The van der Waals surface area contributed by atoms with Crippen molar-refractivity contribution in [1.29, 1.82) is 0 Å². The van der Waals surface area contributed by atoms with E-state index in [0.717, 1.165) is 50.1 Å². The summed E-state index contributed by atoms with van der Waals surface area (Å²) >= 11 is 0. The number of aryl methyl sites for hydroxylation is 1. The number of carbonyl (C=O) groups is 1. The Hall–Kier alpha value is -1.55. The lowest BCUT2D eigenvalue weighted by molar-refractivity contribution is 0.0645. The molecule has 0 aromatic heterocycles. The van der Waals surface area contributed by atoms with E-state index in [4.69, 9.17) is 0 Å². The molecule has 1 N–H and O–H groups in total. The highest BCUT2D eigenvalue weighted by molar-refractivity contribution is 6.00. The van der Waals surface area contributed by atoms with Crippen LogP contribution in [-0.4, -0.2) is 55.5 Å². The molecule has 1 unspecified atom stereocenters. The second kappa shape index (κ2) is 6.06. The minimum atomic E-state index is 0.154. The van der Waals surface area contributed by atoms with Gasteiger partial charge in [-0.3, -0.25) is 4.79 Å². The average Bonchev–Trinajstić information content (AvgIpc) is 2.53. The molecule has 1 aromatic carbocycles. The van der Waals surface area contributed by atoms with Gasteiger partial charge in [0.15, 0.2) is 0 Å². The van der Waals surface area contributed by atoms with Crippen molar-refractivity contribution < 1.29 is 4.79 Å². The van der Waals surface area contributed by atoms with Crippen LogP contribution in [-0.2, 0) is 6.42 Å². The molecule has 0 saturated carbocycles. The van der Waals surface area contributed by atoms with Gasteiger partial charge < -0.3 is 15.1 Å². The molecular weight excluding hydrogens is 262 g/mol. The van der Waals surface area contributed by atoms with Crippen LogP contribution >= 0.6 is 0 Å². The largest absolute Gasteiger partial charge is 0.384 e. The number of carbonyl (C=O) groups excluding carboxylic acids is 1. The molecule has 114 valence electrons. The molecule has 21 heavy (non-hydrogen) atoms. The third-order valence-electron chi connectivity index (χ3n) is 4.77. The molecule has 0 spiro atoms. The Labute approximate surface area is 127 Å². The first-order valence-electron chi connectivity index (χ1n) is 7.98. The third kappa shape index (κ3) is 2.91. The molecule has 0 bridgehead atoms. The molecule has 2 aliphatic heterocycles. The number of likely N-dealkylation sites (N-methyl/N-ethyl adjacent to an activating group) is 2. The van der Waals surface area contributed by atoms with E-state index in [2.05, 4.69) is 23.3 Å². The van der Waals surface area contributed by atoms with Crippen molar-refractivity contribution in [3.05, 3.63) is 29.3 Å². The maximum Gasteiger partial charge on any atom is 0.255 e. The minimum Gasteiger partial charge on any atom is -0.384 e. The summed E-state index contributed by atoms with van der Waals surface area (Å²) in [4.78, 5) is 17.2. The number of benzene rings is 1. The standard InChI is InChI=1S/C17H25N3O/c1-19-11-5-8-14(12-19)20(2)17(21)15-9-3-6-13-7-4-10-18-16(13)15/h3,6,9,14,18H,4-5,7-8,10-12H2,1-2H3. The summed E-state index contributed by atoms with van der Waals surface area (Å²) in [5, 5.41) is 3.42. The highest BCUT2D eigenvalue weighted by Crippen LogP contribution is 2.28. The molecule has 2 aliphatic rings. The number of nitrogens with one attached hydrogen (secondary N) is 1. The zero-order valence-corrected chi connectivity index (χ0v) is 13.1. The molecule has 0 radical (unpaired) electrons. The number of hydrogen-bond acceptors (Lipinski definition) is 3. The quantitative estimate of drug-likeness (QED) is 0.906. The first-order chi connectivity index (χ1) is 10.2. The van der Waals surface area contributed by atoms with Gasteiger partial charge in [0, 0.05) is 26.2 Å². The Morgan fingerprint density at radius 3 is 3.05 bits per heavy atom. The Morgan fingerprint density at radius 1 is 1.38 bits per heavy atom. The Kier molecular flexibility index (Phi) is 4.15. The van der Waals surface area contributed by atoms with Gasteiger partial charge in [-0.15, -0.1) is 0 Å². The van der Waals surface area contributed by atoms with Crippen molar-refractivity contribution >= 4 is 11.6 Å². The van der Waals surface area contributed by atoms with Crippen LogP contribution < -0.4 is 5.32 Å². The highest BCUT2D eigenvalue weighted by atomic mass is 16.2. The number of amides is 1. The van der Waals surface area contributed by atoms with Crippen molar-refractivity contribution in [1.82, 2.24) is 9.80 Å². The number of piperidine rings is 1. The zero-order valence-electron chi connectivity index (χ0n) is 13.1. The maximum absolute atomic E-state index is 12.9. The number of hydrogen-bond donors (Lipinski definition) is 1. The lowest BCUT2D eigenvalue weighted by Gasteiger charge is -2.36.